The molecule has 1 aromatic carbocycles. The van der Waals surface area contributed by atoms with Gasteiger partial charge in [0, 0.05) is 24.4 Å². The van der Waals surface area contributed by atoms with Crippen LogP contribution in [0.5, 0.6) is 5.75 Å². The van der Waals surface area contributed by atoms with Gasteiger partial charge in [0.05, 0.1) is 0 Å². The summed E-state index contributed by atoms with van der Waals surface area (Å²) in [5.74, 6) is 1.06. The fraction of sp³-hybridized carbons (Fsp3) is 0.389. The predicted octanol–water partition coefficient (Wildman–Crippen LogP) is 4.19. The van der Waals surface area contributed by atoms with Crippen molar-refractivity contribution in [2.75, 3.05) is 0 Å². The van der Waals surface area contributed by atoms with Crippen molar-refractivity contribution in [3.05, 3.63) is 42.2 Å². The maximum Gasteiger partial charge on any atom is 0.311 e. The molecule has 0 aliphatic rings. The van der Waals surface area contributed by atoms with Crippen molar-refractivity contribution in [1.29, 1.82) is 0 Å². The van der Waals surface area contributed by atoms with E-state index in [2.05, 4.69) is 16.9 Å². The maximum atomic E-state index is 11.6. The zero-order chi connectivity index (χ0) is 15.8. The van der Waals surface area contributed by atoms with Gasteiger partial charge in [-0.15, -0.1) is 0 Å². The van der Waals surface area contributed by atoms with Gasteiger partial charge in [-0.3, -0.25) is 4.79 Å². The number of carbonyl (C=O) groups excluding carboxylic acids is 1. The molecule has 0 unspecified atom stereocenters. The molecule has 1 heterocycles. The quantitative estimate of drug-likeness (QED) is 0.568. The summed E-state index contributed by atoms with van der Waals surface area (Å²) in [4.78, 5) is 20.3. The van der Waals surface area contributed by atoms with Gasteiger partial charge in [0.1, 0.15) is 5.75 Å². The first-order valence-corrected chi connectivity index (χ1v) is 7.85. The highest BCUT2D eigenvalue weighted by molar-refractivity contribution is 5.72. The molecule has 4 heteroatoms. The molecule has 2 rings (SSSR count). The van der Waals surface area contributed by atoms with E-state index < -0.39 is 0 Å². The first-order chi connectivity index (χ1) is 10.7. The van der Waals surface area contributed by atoms with Crippen LogP contribution < -0.4 is 4.74 Å². The summed E-state index contributed by atoms with van der Waals surface area (Å²) in [6.45, 7) is 4.18. The van der Waals surface area contributed by atoms with Crippen LogP contribution in [0, 0.1) is 0 Å². The lowest BCUT2D eigenvalue weighted by atomic mass is 10.2. The third kappa shape index (κ3) is 4.65. The number of benzene rings is 1. The van der Waals surface area contributed by atoms with Gasteiger partial charge in [0.2, 0.25) is 0 Å². The predicted molar refractivity (Wildman–Crippen MR) is 86.6 cm³/mol. The lowest BCUT2D eigenvalue weighted by molar-refractivity contribution is -0.134. The Morgan fingerprint density at radius 3 is 2.32 bits per heavy atom. The van der Waals surface area contributed by atoms with Gasteiger partial charge < -0.3 is 4.74 Å². The highest BCUT2D eigenvalue weighted by Gasteiger charge is 2.06. The minimum Gasteiger partial charge on any atom is -0.427 e. The van der Waals surface area contributed by atoms with Crippen LogP contribution in [-0.2, 0) is 11.2 Å². The molecular formula is C18H22N2O2. The normalized spacial score (nSPS) is 10.5. The molecule has 1 aromatic heterocycles. The third-order valence-corrected chi connectivity index (χ3v) is 3.32. The Bertz CT molecular complexity index is 591. The van der Waals surface area contributed by atoms with E-state index >= 15 is 0 Å². The van der Waals surface area contributed by atoms with Gasteiger partial charge in [-0.05, 0) is 42.7 Å². The minimum absolute atomic E-state index is 0.185. The second kappa shape index (κ2) is 8.27. The fourth-order valence-electron chi connectivity index (χ4n) is 2.10. The van der Waals surface area contributed by atoms with Crippen molar-refractivity contribution in [3.63, 3.8) is 0 Å². The molecule has 22 heavy (non-hydrogen) atoms. The number of hydrogen-bond acceptors (Lipinski definition) is 4. The van der Waals surface area contributed by atoms with Crippen LogP contribution in [0.4, 0.5) is 0 Å². The fourth-order valence-corrected chi connectivity index (χ4v) is 2.10. The van der Waals surface area contributed by atoms with Gasteiger partial charge in [-0.2, -0.15) is 0 Å². The lowest BCUT2D eigenvalue weighted by Gasteiger charge is -2.05. The number of hydrogen-bond donors (Lipinski definition) is 0. The lowest BCUT2D eigenvalue weighted by Crippen LogP contribution is -2.07. The molecule has 0 atom stereocenters. The number of esters is 1. The number of unbranched alkanes of at least 4 members (excludes halogenated alkanes) is 1. The molecule has 0 spiro atoms. The van der Waals surface area contributed by atoms with E-state index in [4.69, 9.17) is 4.74 Å². The van der Waals surface area contributed by atoms with Crippen molar-refractivity contribution in [2.24, 2.45) is 0 Å². The Labute approximate surface area is 131 Å². The number of rotatable bonds is 7. The van der Waals surface area contributed by atoms with Crippen LogP contribution in [0.1, 0.15) is 45.1 Å². The molecule has 116 valence electrons. The van der Waals surface area contributed by atoms with E-state index in [1.807, 2.05) is 31.5 Å². The van der Waals surface area contributed by atoms with E-state index in [1.54, 1.807) is 12.1 Å². The van der Waals surface area contributed by atoms with E-state index in [-0.39, 0.29) is 5.97 Å². The van der Waals surface area contributed by atoms with Crippen molar-refractivity contribution in [2.45, 2.75) is 46.0 Å². The van der Waals surface area contributed by atoms with E-state index in [0.29, 0.717) is 18.0 Å². The highest BCUT2D eigenvalue weighted by atomic mass is 16.5. The van der Waals surface area contributed by atoms with Gasteiger partial charge >= 0.3 is 5.97 Å². The topological polar surface area (TPSA) is 52.1 Å². The summed E-state index contributed by atoms with van der Waals surface area (Å²) in [7, 11) is 0. The van der Waals surface area contributed by atoms with Crippen LogP contribution >= 0.6 is 0 Å². The number of carbonyl (C=O) groups is 1. The van der Waals surface area contributed by atoms with Crippen molar-refractivity contribution in [1.82, 2.24) is 9.97 Å². The summed E-state index contributed by atoms with van der Waals surface area (Å²) >= 11 is 0. The van der Waals surface area contributed by atoms with Crippen molar-refractivity contribution < 1.29 is 9.53 Å². The van der Waals surface area contributed by atoms with Gasteiger partial charge in [-0.1, -0.05) is 26.7 Å². The standard InChI is InChI=1S/C18H22N2O2/c1-3-5-7-17(21)22-16-10-8-15(9-11-16)18-19-12-14(6-4-2)13-20-18/h8-13H,3-7H2,1-2H3. The Hall–Kier alpha value is -2.23. The molecule has 4 nitrogen and oxygen atoms in total. The molecule has 0 saturated heterocycles. The van der Waals surface area contributed by atoms with Gasteiger partial charge in [-0.25, -0.2) is 9.97 Å². The Kier molecular flexibility index (Phi) is 6.07. The van der Waals surface area contributed by atoms with Crippen LogP contribution in [0.25, 0.3) is 11.4 Å². The van der Waals surface area contributed by atoms with Crippen molar-refractivity contribution in [3.8, 4) is 17.1 Å². The molecule has 0 amide bonds. The zero-order valence-electron chi connectivity index (χ0n) is 13.2. The summed E-state index contributed by atoms with van der Waals surface area (Å²) in [5, 5.41) is 0. The first-order valence-electron chi connectivity index (χ1n) is 7.85. The second-order valence-electron chi connectivity index (χ2n) is 5.27. The summed E-state index contributed by atoms with van der Waals surface area (Å²) in [5.41, 5.74) is 2.06. The summed E-state index contributed by atoms with van der Waals surface area (Å²) in [6, 6.07) is 7.31. The molecule has 0 fully saturated rings. The van der Waals surface area contributed by atoms with Crippen LogP contribution in [0.2, 0.25) is 0 Å². The smallest absolute Gasteiger partial charge is 0.311 e. The Balaban J connectivity index is 2.00. The van der Waals surface area contributed by atoms with Gasteiger partial charge in [0.25, 0.3) is 0 Å². The van der Waals surface area contributed by atoms with Gasteiger partial charge in [0.15, 0.2) is 5.82 Å². The van der Waals surface area contributed by atoms with Crippen molar-refractivity contribution >= 4 is 5.97 Å². The number of aryl methyl sites for hydroxylation is 1. The number of ether oxygens (including phenoxy) is 1. The maximum absolute atomic E-state index is 11.6. The zero-order valence-corrected chi connectivity index (χ0v) is 13.2. The molecule has 0 N–H and O–H groups in total. The third-order valence-electron chi connectivity index (χ3n) is 3.32. The molecule has 2 aromatic rings. The monoisotopic (exact) mass is 298 g/mol. The molecule has 0 saturated carbocycles. The second-order valence-corrected chi connectivity index (χ2v) is 5.27. The Morgan fingerprint density at radius 2 is 1.73 bits per heavy atom. The number of nitrogens with zero attached hydrogens (tertiary/aromatic N) is 2. The highest BCUT2D eigenvalue weighted by Crippen LogP contribution is 2.20. The van der Waals surface area contributed by atoms with E-state index in [1.165, 1.54) is 0 Å². The molecule has 0 radical (unpaired) electrons. The summed E-state index contributed by atoms with van der Waals surface area (Å²) in [6.07, 6.45) is 8.11. The SMILES string of the molecule is CCCCC(=O)Oc1ccc(-c2ncc(CCC)cn2)cc1. The molecular weight excluding hydrogens is 276 g/mol. The van der Waals surface area contributed by atoms with E-state index in [9.17, 15) is 4.79 Å². The van der Waals surface area contributed by atoms with Crippen LogP contribution in [0.15, 0.2) is 36.7 Å². The number of aromatic nitrogens is 2. The minimum atomic E-state index is -0.185. The molecule has 0 bridgehead atoms. The average molecular weight is 298 g/mol. The average Bonchev–Trinajstić information content (AvgIpc) is 2.55. The first kappa shape index (κ1) is 16.1. The van der Waals surface area contributed by atoms with Crippen LogP contribution in [-0.4, -0.2) is 15.9 Å². The largest absolute Gasteiger partial charge is 0.427 e. The van der Waals surface area contributed by atoms with Crippen LogP contribution in [0.3, 0.4) is 0 Å². The molecule has 0 aliphatic heterocycles. The molecule has 0 aliphatic carbocycles. The summed E-state index contributed by atoms with van der Waals surface area (Å²) < 4.78 is 5.28. The van der Waals surface area contributed by atoms with E-state index in [0.717, 1.165) is 36.8 Å². The Morgan fingerprint density at radius 1 is 1.05 bits per heavy atom.